The number of halogens is 1. The number of hydrogen-bond donors (Lipinski definition) is 1. The number of rotatable bonds is 2. The van der Waals surface area contributed by atoms with E-state index >= 15 is 0 Å². The van der Waals surface area contributed by atoms with Crippen LogP contribution in [0.5, 0.6) is 0 Å². The Labute approximate surface area is 85.3 Å². The van der Waals surface area contributed by atoms with Crippen LogP contribution in [0, 0.1) is 0 Å². The fourth-order valence-corrected chi connectivity index (χ4v) is 1.67. The van der Waals surface area contributed by atoms with Crippen molar-refractivity contribution in [1.29, 1.82) is 0 Å². The Hall–Kier alpha value is -1.14. The van der Waals surface area contributed by atoms with Crippen LogP contribution in [0.4, 0.5) is 0 Å². The molecule has 0 aromatic carbocycles. The summed E-state index contributed by atoms with van der Waals surface area (Å²) >= 11 is 5.52. The van der Waals surface area contributed by atoms with Crippen LogP contribution in [0.3, 0.4) is 0 Å². The predicted octanol–water partition coefficient (Wildman–Crippen LogP) is 0.837. The lowest BCUT2D eigenvalue weighted by Crippen LogP contribution is -2.04. The summed E-state index contributed by atoms with van der Waals surface area (Å²) in [6.45, 7) is 0. The maximum Gasteiger partial charge on any atom is 0.356 e. The normalized spacial score (nSPS) is 11.3. The van der Waals surface area contributed by atoms with Crippen molar-refractivity contribution in [3.63, 3.8) is 0 Å². The summed E-state index contributed by atoms with van der Waals surface area (Å²) in [6.07, 6.45) is 1.95. The zero-order chi connectivity index (χ0) is 10.9. The first-order valence-electron chi connectivity index (χ1n) is 3.41. The van der Waals surface area contributed by atoms with Gasteiger partial charge in [-0.25, -0.2) is 18.2 Å². The quantitative estimate of drug-likeness (QED) is 0.821. The van der Waals surface area contributed by atoms with E-state index in [4.69, 9.17) is 16.7 Å². The van der Waals surface area contributed by atoms with Gasteiger partial charge in [0, 0.05) is 12.5 Å². The molecule has 0 fully saturated rings. The number of sulfone groups is 1. The van der Waals surface area contributed by atoms with Gasteiger partial charge in [0.15, 0.2) is 15.5 Å². The summed E-state index contributed by atoms with van der Waals surface area (Å²) in [5, 5.41) is 8.37. The Morgan fingerprint density at radius 2 is 2.14 bits per heavy atom. The molecule has 0 aliphatic rings. The van der Waals surface area contributed by atoms with Crippen molar-refractivity contribution in [2.24, 2.45) is 0 Å². The van der Waals surface area contributed by atoms with E-state index in [2.05, 4.69) is 4.98 Å². The van der Waals surface area contributed by atoms with E-state index in [0.717, 1.165) is 18.5 Å². The summed E-state index contributed by atoms with van der Waals surface area (Å²) in [5.41, 5.74) is -0.362. The number of aromatic carboxylic acids is 1. The second kappa shape index (κ2) is 3.55. The van der Waals surface area contributed by atoms with Crippen LogP contribution in [0.15, 0.2) is 17.2 Å². The minimum absolute atomic E-state index is 0.104. The van der Waals surface area contributed by atoms with Gasteiger partial charge >= 0.3 is 5.97 Å². The molecule has 1 rings (SSSR count). The highest BCUT2D eigenvalue weighted by Crippen LogP contribution is 2.18. The maximum absolute atomic E-state index is 11.0. The smallest absolute Gasteiger partial charge is 0.356 e. The third-order valence-electron chi connectivity index (χ3n) is 1.45. The van der Waals surface area contributed by atoms with Gasteiger partial charge in [-0.15, -0.1) is 0 Å². The molecule has 1 aromatic heterocycles. The number of aromatic nitrogens is 1. The van der Waals surface area contributed by atoms with Crippen LogP contribution in [-0.2, 0) is 9.84 Å². The van der Waals surface area contributed by atoms with Gasteiger partial charge in [-0.1, -0.05) is 11.6 Å². The molecule has 0 atom stereocenters. The molecule has 0 unspecified atom stereocenters. The molecular weight excluding hydrogens is 230 g/mol. The number of carboxylic acids is 1. The summed E-state index contributed by atoms with van der Waals surface area (Å²) in [4.78, 5) is 13.8. The highest BCUT2D eigenvalue weighted by atomic mass is 35.5. The molecule has 0 amide bonds. The van der Waals surface area contributed by atoms with Gasteiger partial charge in [0.25, 0.3) is 0 Å². The maximum atomic E-state index is 11.0. The molecule has 1 aromatic rings. The third-order valence-corrected chi connectivity index (χ3v) is 2.81. The Balaban J connectivity index is 3.34. The molecule has 0 radical (unpaired) electrons. The molecule has 0 aliphatic heterocycles. The van der Waals surface area contributed by atoms with Crippen molar-refractivity contribution in [1.82, 2.24) is 4.98 Å². The van der Waals surface area contributed by atoms with E-state index in [1.54, 1.807) is 0 Å². The Kier molecular flexibility index (Phi) is 2.77. The number of pyridine rings is 1. The van der Waals surface area contributed by atoms with Crippen molar-refractivity contribution in [2.75, 3.05) is 6.26 Å². The fourth-order valence-electron chi connectivity index (χ4n) is 0.781. The summed E-state index contributed by atoms with van der Waals surface area (Å²) in [7, 11) is -3.41. The first-order valence-corrected chi connectivity index (χ1v) is 5.68. The van der Waals surface area contributed by atoms with E-state index < -0.39 is 15.8 Å². The largest absolute Gasteiger partial charge is 0.476 e. The Morgan fingerprint density at radius 1 is 1.57 bits per heavy atom. The van der Waals surface area contributed by atoms with Gasteiger partial charge in [0.05, 0.1) is 9.92 Å². The van der Waals surface area contributed by atoms with Crippen LogP contribution in [0.2, 0.25) is 5.02 Å². The first kappa shape index (κ1) is 10.9. The summed E-state index contributed by atoms with van der Waals surface area (Å²) in [5.74, 6) is -1.30. The molecule has 0 aliphatic carbocycles. The monoisotopic (exact) mass is 235 g/mol. The minimum Gasteiger partial charge on any atom is -0.476 e. The van der Waals surface area contributed by atoms with Crippen LogP contribution in [-0.4, -0.2) is 30.7 Å². The molecular formula is C7H6ClNO4S. The van der Waals surface area contributed by atoms with Crippen LogP contribution < -0.4 is 0 Å². The number of hydrogen-bond acceptors (Lipinski definition) is 4. The van der Waals surface area contributed by atoms with E-state index in [1.165, 1.54) is 0 Å². The van der Waals surface area contributed by atoms with Crippen LogP contribution in [0.25, 0.3) is 0 Å². The van der Waals surface area contributed by atoms with Crippen LogP contribution in [0.1, 0.15) is 10.5 Å². The number of carboxylic acid groups (broad SMARTS) is 1. The molecule has 0 bridgehead atoms. The van der Waals surface area contributed by atoms with E-state index in [0.29, 0.717) is 0 Å². The summed E-state index contributed by atoms with van der Waals surface area (Å²) < 4.78 is 22.0. The van der Waals surface area contributed by atoms with E-state index in [-0.39, 0.29) is 15.6 Å². The van der Waals surface area contributed by atoms with Gasteiger partial charge in [-0.3, -0.25) is 0 Å². The lowest BCUT2D eigenvalue weighted by Gasteiger charge is -2.00. The molecule has 1 heterocycles. The molecule has 76 valence electrons. The lowest BCUT2D eigenvalue weighted by atomic mass is 10.3. The molecule has 0 spiro atoms. The van der Waals surface area contributed by atoms with E-state index in [1.807, 2.05) is 0 Å². The first-order chi connectivity index (χ1) is 6.32. The topological polar surface area (TPSA) is 84.3 Å². The zero-order valence-corrected chi connectivity index (χ0v) is 8.63. The van der Waals surface area contributed by atoms with Gasteiger partial charge in [0.1, 0.15) is 0 Å². The van der Waals surface area contributed by atoms with Gasteiger partial charge in [-0.2, -0.15) is 0 Å². The standard InChI is InChI=1S/C7H6ClNO4S/c1-14(12,13)4-2-5(8)6(7(10)11)9-3-4/h2-3H,1H3,(H,10,11). The second-order valence-electron chi connectivity index (χ2n) is 2.58. The van der Waals surface area contributed by atoms with Crippen molar-refractivity contribution >= 4 is 27.4 Å². The lowest BCUT2D eigenvalue weighted by molar-refractivity contribution is 0.0690. The third kappa shape index (κ3) is 2.21. The second-order valence-corrected chi connectivity index (χ2v) is 5.00. The van der Waals surface area contributed by atoms with Crippen molar-refractivity contribution in [3.05, 3.63) is 23.0 Å². The Morgan fingerprint density at radius 3 is 2.50 bits per heavy atom. The number of nitrogens with zero attached hydrogens (tertiary/aromatic N) is 1. The van der Waals surface area contributed by atoms with Gasteiger partial charge in [-0.05, 0) is 6.07 Å². The highest BCUT2D eigenvalue weighted by Gasteiger charge is 2.14. The SMILES string of the molecule is CS(=O)(=O)c1cnc(C(=O)O)c(Cl)c1. The molecule has 0 saturated carbocycles. The Bertz CT molecular complexity index is 482. The average molecular weight is 236 g/mol. The van der Waals surface area contributed by atoms with Crippen molar-refractivity contribution in [3.8, 4) is 0 Å². The minimum atomic E-state index is -3.41. The van der Waals surface area contributed by atoms with Crippen molar-refractivity contribution < 1.29 is 18.3 Å². The zero-order valence-electron chi connectivity index (χ0n) is 7.06. The van der Waals surface area contributed by atoms with E-state index in [9.17, 15) is 13.2 Å². The molecule has 1 N–H and O–H groups in total. The van der Waals surface area contributed by atoms with Gasteiger partial charge in [0.2, 0.25) is 0 Å². The summed E-state index contributed by atoms with van der Waals surface area (Å²) in [6, 6.07) is 1.06. The van der Waals surface area contributed by atoms with Crippen LogP contribution >= 0.6 is 11.6 Å². The average Bonchev–Trinajstić information content (AvgIpc) is 2.01. The van der Waals surface area contributed by atoms with Crippen molar-refractivity contribution in [2.45, 2.75) is 4.90 Å². The fraction of sp³-hybridized carbons (Fsp3) is 0.143. The molecule has 0 saturated heterocycles. The molecule has 7 heteroatoms. The number of carbonyl (C=O) groups is 1. The predicted molar refractivity (Wildman–Crippen MR) is 49.3 cm³/mol. The van der Waals surface area contributed by atoms with Gasteiger partial charge < -0.3 is 5.11 Å². The molecule has 5 nitrogen and oxygen atoms in total. The molecule has 14 heavy (non-hydrogen) atoms. The highest BCUT2D eigenvalue weighted by molar-refractivity contribution is 7.90.